The van der Waals surface area contributed by atoms with E-state index in [4.69, 9.17) is 7.74 Å². The Kier molecular flexibility index (Phi) is 5.85. The first-order valence-electron chi connectivity index (χ1n) is 5.52. The van der Waals surface area contributed by atoms with Gasteiger partial charge in [-0.15, -0.1) is 0 Å². The molecule has 0 amide bonds. The maximum Gasteiger partial charge on any atom is 0.118 e. The molecule has 0 aliphatic carbocycles. The molecule has 0 aromatic rings. The highest BCUT2D eigenvalue weighted by molar-refractivity contribution is 6.93. The highest BCUT2D eigenvalue weighted by Gasteiger charge is 2.17. The molecule has 0 bridgehead atoms. The van der Waals surface area contributed by atoms with E-state index in [1.807, 2.05) is 6.92 Å². The molecular weight excluding hydrogens is 180 g/mol. The van der Waals surface area contributed by atoms with E-state index in [1.165, 1.54) is 5.57 Å². The van der Waals surface area contributed by atoms with Crippen LogP contribution in [0.1, 0.15) is 41.5 Å². The number of nitrogens with zero attached hydrogens (tertiary/aromatic N) is 1. The lowest BCUT2D eigenvalue weighted by Gasteiger charge is -2.37. The van der Waals surface area contributed by atoms with E-state index in [2.05, 4.69) is 46.1 Å². The molecule has 0 N–H and O–H groups in total. The average molecular weight is 202 g/mol. The van der Waals surface area contributed by atoms with Gasteiger partial charge in [0, 0.05) is 19.8 Å². The minimum absolute atomic E-state index is 0.439. The summed E-state index contributed by atoms with van der Waals surface area (Å²) >= 11 is 0. The second kappa shape index (κ2) is 6.09. The zero-order valence-corrected chi connectivity index (χ0v) is 11.0. The molecule has 0 fully saturated rings. The van der Waals surface area contributed by atoms with E-state index >= 15 is 0 Å². The Morgan fingerprint density at radius 1 is 1.13 bits per heavy atom. The van der Waals surface area contributed by atoms with Crippen LogP contribution in [0.4, 0.5) is 0 Å². The Labute approximate surface area is 97.3 Å². The fraction of sp³-hybridized carbons (Fsp3) is 0.667. The van der Waals surface area contributed by atoms with Crippen molar-refractivity contribution in [2.45, 2.75) is 53.6 Å². The third kappa shape index (κ3) is 3.81. The Balaban J connectivity index is 5.24. The van der Waals surface area contributed by atoms with Gasteiger partial charge in [-0.05, 0) is 52.7 Å². The summed E-state index contributed by atoms with van der Waals surface area (Å²) in [5.41, 5.74) is 3.32. The molecule has 0 heterocycles. The van der Waals surface area contributed by atoms with Crippen molar-refractivity contribution in [3.63, 3.8) is 0 Å². The van der Waals surface area contributed by atoms with Crippen molar-refractivity contribution >= 4 is 14.9 Å². The van der Waals surface area contributed by atoms with Crippen LogP contribution in [0, 0.1) is 0 Å². The smallest absolute Gasteiger partial charge is 0.118 e. The van der Waals surface area contributed by atoms with Crippen LogP contribution in [0.3, 0.4) is 0 Å². The van der Waals surface area contributed by atoms with Gasteiger partial charge in [-0.2, -0.15) is 0 Å². The van der Waals surface area contributed by atoms with Crippen molar-refractivity contribution in [1.29, 1.82) is 0 Å². The predicted molar refractivity (Wildman–Crippen MR) is 71.1 cm³/mol. The van der Waals surface area contributed by atoms with Crippen LogP contribution in [0.25, 0.3) is 0 Å². The van der Waals surface area contributed by atoms with Crippen molar-refractivity contribution in [2.75, 3.05) is 0 Å². The second-order valence-corrected chi connectivity index (χ2v) is 4.55. The molecule has 0 saturated heterocycles. The summed E-state index contributed by atoms with van der Waals surface area (Å²) in [4.78, 5) is 2.31. The van der Waals surface area contributed by atoms with Crippen LogP contribution in [0.15, 0.2) is 23.3 Å². The number of hydrogen-bond acceptors (Lipinski definition) is 1. The fourth-order valence-corrected chi connectivity index (χ4v) is 1.78. The quantitative estimate of drug-likeness (QED) is 0.489. The molecule has 0 aromatic carbocycles. The van der Waals surface area contributed by atoms with Gasteiger partial charge in [0.1, 0.15) is 7.17 Å². The molecule has 15 heavy (non-hydrogen) atoms. The summed E-state index contributed by atoms with van der Waals surface area (Å²) < 4.78 is 0. The van der Waals surface area contributed by atoms with E-state index in [-0.39, 0.29) is 0 Å². The van der Waals surface area contributed by atoms with E-state index < -0.39 is 0 Å². The molecule has 0 aromatic heterocycles. The van der Waals surface area contributed by atoms with Crippen LogP contribution in [0.2, 0.25) is 0 Å². The van der Waals surface area contributed by atoms with E-state index in [1.54, 1.807) is 7.17 Å². The highest BCUT2D eigenvalue weighted by atomic mass is 15.2. The van der Waals surface area contributed by atoms with Crippen LogP contribution >= 0.6 is 0 Å². The molecule has 0 aliphatic heterocycles. The molecule has 0 aliphatic rings. The van der Waals surface area contributed by atoms with Crippen molar-refractivity contribution in [1.82, 2.24) is 4.90 Å². The second-order valence-electron chi connectivity index (χ2n) is 4.55. The third-order valence-corrected chi connectivity index (χ3v) is 2.57. The first-order chi connectivity index (χ1) is 6.82. The molecule has 0 saturated carbocycles. The highest BCUT2D eigenvalue weighted by Crippen LogP contribution is 2.19. The Morgan fingerprint density at radius 2 is 1.53 bits per heavy atom. The van der Waals surface area contributed by atoms with Gasteiger partial charge in [0.15, 0.2) is 0 Å². The molecule has 0 spiro atoms. The van der Waals surface area contributed by atoms with Gasteiger partial charge in [-0.1, -0.05) is 12.2 Å². The minimum Gasteiger partial charge on any atom is -0.379 e. The zero-order chi connectivity index (χ0) is 12.2. The van der Waals surface area contributed by atoms with Gasteiger partial charge in [0.2, 0.25) is 0 Å². The summed E-state index contributed by atoms with van der Waals surface area (Å²) in [6.07, 6.45) is 0. The van der Waals surface area contributed by atoms with Gasteiger partial charge in [-0.3, -0.25) is 0 Å². The molecule has 0 rings (SSSR count). The summed E-state index contributed by atoms with van der Waals surface area (Å²) in [5, 5.41) is 0. The summed E-state index contributed by atoms with van der Waals surface area (Å²) in [7, 11) is 7.41. The topological polar surface area (TPSA) is 3.24 Å². The molecule has 3 radical (unpaired) electrons. The number of rotatable bonds is 5. The Bertz CT molecular complexity index is 246. The lowest BCUT2D eigenvalue weighted by atomic mass is 9.51. The molecule has 1 nitrogen and oxygen atoms in total. The molecule has 0 atom stereocenters. The summed E-state index contributed by atoms with van der Waals surface area (Å²) in [5.74, 6) is 0. The maximum atomic E-state index is 5.72. The van der Waals surface area contributed by atoms with Crippen molar-refractivity contribution in [3.05, 3.63) is 23.3 Å². The van der Waals surface area contributed by atoms with Crippen LogP contribution in [0.5, 0.6) is 0 Å². The zero-order valence-electron chi connectivity index (χ0n) is 11.0. The van der Waals surface area contributed by atoms with Crippen LogP contribution in [-0.4, -0.2) is 31.9 Å². The average Bonchev–Trinajstić information content (AvgIpc) is 2.10. The van der Waals surface area contributed by atoms with Crippen molar-refractivity contribution in [2.24, 2.45) is 0 Å². The van der Waals surface area contributed by atoms with Crippen molar-refractivity contribution in [3.8, 4) is 0 Å². The monoisotopic (exact) mass is 202 g/mol. The Morgan fingerprint density at radius 3 is 1.73 bits per heavy atom. The minimum atomic E-state index is 0.439. The predicted octanol–water partition coefficient (Wildman–Crippen LogP) is 2.70. The van der Waals surface area contributed by atoms with E-state index in [0.717, 1.165) is 11.2 Å². The fourth-order valence-electron chi connectivity index (χ4n) is 1.78. The van der Waals surface area contributed by atoms with Crippen LogP contribution < -0.4 is 0 Å². The lowest BCUT2D eigenvalue weighted by molar-refractivity contribution is 0.245. The van der Waals surface area contributed by atoms with Gasteiger partial charge < -0.3 is 4.90 Å². The summed E-state index contributed by atoms with van der Waals surface area (Å²) in [6, 6.07) is 0.878. The van der Waals surface area contributed by atoms with Crippen LogP contribution in [-0.2, 0) is 0 Å². The van der Waals surface area contributed by atoms with Gasteiger partial charge in [-0.25, -0.2) is 0 Å². The van der Waals surface area contributed by atoms with E-state index in [9.17, 15) is 0 Å². The third-order valence-electron chi connectivity index (χ3n) is 2.57. The first-order valence-corrected chi connectivity index (χ1v) is 5.52. The number of hydrogen-bond donors (Lipinski definition) is 0. The SMILES string of the molecule is [B][B]C(=C(C)C(=C)C)N(C(C)C)C(C)C. The Hall–Kier alpha value is -0.590. The lowest BCUT2D eigenvalue weighted by Crippen LogP contribution is -2.39. The van der Waals surface area contributed by atoms with Crippen molar-refractivity contribution < 1.29 is 0 Å². The van der Waals surface area contributed by atoms with Gasteiger partial charge in [0.05, 0.1) is 0 Å². The maximum absolute atomic E-state index is 5.72. The first kappa shape index (κ1) is 14.4. The molecule has 81 valence electrons. The molecule has 0 unspecified atom stereocenters. The van der Waals surface area contributed by atoms with E-state index in [0.29, 0.717) is 12.1 Å². The molecular formula is C12H22B2N. The number of allylic oxidation sites excluding steroid dienone is 2. The largest absolute Gasteiger partial charge is 0.379 e. The standard InChI is InChI=1S/C12H22B2N/c1-8(2)11(7)12(14-13)15(9(3)4)10(5)6/h9-10H,1H2,2-7H3. The summed E-state index contributed by atoms with van der Waals surface area (Å²) in [6.45, 7) is 16.7. The normalized spacial score (nSPS) is 12.8. The van der Waals surface area contributed by atoms with Gasteiger partial charge in [0.25, 0.3) is 0 Å². The van der Waals surface area contributed by atoms with Gasteiger partial charge >= 0.3 is 0 Å². The molecule has 3 heteroatoms.